The number of anilines is 2. The van der Waals surface area contributed by atoms with Crippen molar-refractivity contribution in [2.75, 3.05) is 23.3 Å². The van der Waals surface area contributed by atoms with Gasteiger partial charge in [-0.25, -0.2) is 23.9 Å². The molecule has 1 aliphatic rings. The number of nitrogens with zero attached hydrogens (tertiary/aromatic N) is 5. The minimum atomic E-state index is -5.89. The maximum atomic E-state index is 13.7. The number of fused-ring (bicyclic) bond motifs is 1. The van der Waals surface area contributed by atoms with Crippen LogP contribution in [0.4, 0.5) is 51.1 Å². The predicted octanol–water partition coefficient (Wildman–Crippen LogP) is 6.54. The van der Waals surface area contributed by atoms with Gasteiger partial charge in [-0.05, 0) is 60.9 Å². The van der Waals surface area contributed by atoms with E-state index >= 15 is 0 Å². The highest BCUT2D eigenvalue weighted by Crippen LogP contribution is 2.49. The zero-order chi connectivity index (χ0) is 41.4. The first-order chi connectivity index (χ1) is 25.9. The minimum absolute atomic E-state index is 0.0977. The maximum Gasteiger partial charge on any atom is 0.491 e. The van der Waals surface area contributed by atoms with Gasteiger partial charge in [-0.2, -0.15) is 39.5 Å². The topological polar surface area (TPSA) is 154 Å². The van der Waals surface area contributed by atoms with Crippen molar-refractivity contribution in [2.24, 2.45) is 5.92 Å². The molecule has 0 aliphatic carbocycles. The van der Waals surface area contributed by atoms with Crippen molar-refractivity contribution < 1.29 is 72.9 Å². The second-order valence-corrected chi connectivity index (χ2v) is 13.4. The summed E-state index contributed by atoms with van der Waals surface area (Å²) in [5.74, 6) is -15.4. The molecule has 56 heavy (non-hydrogen) atoms. The third-order valence-corrected chi connectivity index (χ3v) is 8.19. The summed E-state index contributed by atoms with van der Waals surface area (Å²) in [5, 5.41) is 6.54. The van der Waals surface area contributed by atoms with Crippen molar-refractivity contribution in [1.29, 1.82) is 0 Å². The number of amides is 1. The third kappa shape index (κ3) is 9.63. The van der Waals surface area contributed by atoms with Gasteiger partial charge < -0.3 is 24.4 Å². The molecule has 0 atom stereocenters. The lowest BCUT2D eigenvalue weighted by molar-refractivity contribution is -0.192. The van der Waals surface area contributed by atoms with Gasteiger partial charge in [0.2, 0.25) is 0 Å². The molecule has 0 unspecified atom stereocenters. The number of aromatic nitrogens is 4. The number of nitrogens with one attached hydrogen (secondary N) is 1. The van der Waals surface area contributed by atoms with E-state index in [0.717, 1.165) is 51.9 Å². The Kier molecular flexibility index (Phi) is 11.3. The van der Waals surface area contributed by atoms with Gasteiger partial charge in [0.05, 0.1) is 11.8 Å². The Hall–Kier alpha value is -5.96. The summed E-state index contributed by atoms with van der Waals surface area (Å²) in [5.41, 5.74) is -3.33. The van der Waals surface area contributed by atoms with Gasteiger partial charge in [-0.15, -0.1) is 5.10 Å². The minimum Gasteiger partial charge on any atom is -0.419 e. The second-order valence-electron chi connectivity index (χ2n) is 13.4. The molecule has 0 spiro atoms. The molecule has 1 fully saturated rings. The summed E-state index contributed by atoms with van der Waals surface area (Å²) in [6, 6.07) is 8.99. The molecule has 0 bridgehead atoms. The van der Waals surface area contributed by atoms with Gasteiger partial charge in [0.1, 0.15) is 11.6 Å². The number of benzene rings is 1. The van der Waals surface area contributed by atoms with E-state index in [1.165, 1.54) is 10.6 Å². The molecule has 300 valence electrons. The number of hydrogen-bond donors (Lipinski definition) is 1. The molecule has 4 aromatic rings. The fourth-order valence-electron chi connectivity index (χ4n) is 5.70. The van der Waals surface area contributed by atoms with E-state index in [4.69, 9.17) is 0 Å². The van der Waals surface area contributed by atoms with E-state index in [2.05, 4.69) is 34.6 Å². The van der Waals surface area contributed by atoms with E-state index in [0.29, 0.717) is 24.8 Å². The number of hydrogen-bond acceptors (Lipinski definition) is 11. The van der Waals surface area contributed by atoms with Crippen LogP contribution in [0.3, 0.4) is 0 Å². The number of ether oxygens (including phenoxy) is 3. The molecule has 3 aromatic heterocycles. The smallest absolute Gasteiger partial charge is 0.419 e. The van der Waals surface area contributed by atoms with Crippen LogP contribution in [0.5, 0.6) is 17.2 Å². The Balaban J connectivity index is 1.53. The van der Waals surface area contributed by atoms with Crippen LogP contribution in [0, 0.1) is 5.92 Å². The zero-order valence-electron chi connectivity index (χ0n) is 29.2. The lowest BCUT2D eigenvalue weighted by Crippen LogP contribution is -2.35. The average Bonchev–Trinajstić information content (AvgIpc) is 3.49. The summed E-state index contributed by atoms with van der Waals surface area (Å²) < 4.78 is 135. The molecule has 22 heteroatoms. The Labute approximate surface area is 309 Å². The lowest BCUT2D eigenvalue weighted by atomic mass is 9.84. The molecule has 5 rings (SSSR count). The number of alkyl halides is 9. The number of imidazole rings is 1. The van der Waals surface area contributed by atoms with E-state index in [1.807, 2.05) is 23.1 Å². The molecule has 1 saturated heterocycles. The monoisotopic (exact) mass is 804 g/mol. The van der Waals surface area contributed by atoms with Crippen LogP contribution in [0.2, 0.25) is 0 Å². The number of carbonyl (C=O) groups excluding carboxylic acids is 4. The molecule has 4 heterocycles. The normalized spacial score (nSPS) is 14.4. The van der Waals surface area contributed by atoms with Crippen LogP contribution < -0.4 is 24.4 Å². The molecular formula is C34H29F9N6O7. The quantitative estimate of drug-likeness (QED) is 0.117. The number of esters is 3. The van der Waals surface area contributed by atoms with Gasteiger partial charge >= 0.3 is 36.4 Å². The molecule has 1 N–H and O–H groups in total. The number of halogens is 9. The molecular weight excluding hydrogens is 775 g/mol. The van der Waals surface area contributed by atoms with E-state index in [-0.39, 0.29) is 11.7 Å². The number of carbonyl (C=O) groups is 4. The highest BCUT2D eigenvalue weighted by molar-refractivity contribution is 6.08. The van der Waals surface area contributed by atoms with Crippen LogP contribution in [0.1, 0.15) is 55.2 Å². The summed E-state index contributed by atoms with van der Waals surface area (Å²) in [4.78, 5) is 60.1. The molecule has 1 aliphatic heterocycles. The Morgan fingerprint density at radius 3 is 1.95 bits per heavy atom. The van der Waals surface area contributed by atoms with Crippen LogP contribution in [0.15, 0.2) is 48.8 Å². The first-order valence-electron chi connectivity index (χ1n) is 16.3. The number of rotatable bonds is 8. The highest BCUT2D eigenvalue weighted by atomic mass is 19.4. The first kappa shape index (κ1) is 41.2. The Morgan fingerprint density at radius 2 is 1.39 bits per heavy atom. The van der Waals surface area contributed by atoms with Crippen molar-refractivity contribution in [3.05, 3.63) is 65.6 Å². The summed E-state index contributed by atoms with van der Waals surface area (Å²) in [6.07, 6.45) is -12.3. The van der Waals surface area contributed by atoms with Gasteiger partial charge in [-0.1, -0.05) is 26.8 Å². The lowest BCUT2D eigenvalue weighted by Gasteiger charge is -2.32. The second kappa shape index (κ2) is 15.3. The SMILES string of the molecule is CC(C)(C)c1c(OC(=O)C(F)(F)F)cc(C(=O)Nc2cn3nc(N4CCC(Cc5ccccn5)CC4)ccc3n2)c(OC(=O)C(F)(F)F)c1OC(=O)C(F)(F)F. The zero-order valence-corrected chi connectivity index (χ0v) is 29.2. The van der Waals surface area contributed by atoms with Crippen molar-refractivity contribution in [3.63, 3.8) is 0 Å². The van der Waals surface area contributed by atoms with Crippen molar-refractivity contribution in [3.8, 4) is 17.2 Å². The standard InChI is InChI=1S/C34H29F9N6O7/c1-31(2,3)24-20(54-28(51)32(35,36)37)15-19(25(55-29(52)33(38,39)40)26(24)56-30(53)34(41,42)43)27(50)46-21-16-49-22(45-21)7-8-23(47-49)48-12-9-17(10-13-48)14-18-6-4-5-11-44-18/h4-8,11,15-17H,9-10,12-14H2,1-3H3,(H,46,50). The predicted molar refractivity (Wildman–Crippen MR) is 174 cm³/mol. The third-order valence-electron chi connectivity index (χ3n) is 8.19. The summed E-state index contributed by atoms with van der Waals surface area (Å²) >= 11 is 0. The van der Waals surface area contributed by atoms with Gasteiger partial charge in [0, 0.05) is 30.5 Å². The fourth-order valence-corrected chi connectivity index (χ4v) is 5.70. The van der Waals surface area contributed by atoms with Crippen molar-refractivity contribution >= 4 is 41.1 Å². The van der Waals surface area contributed by atoms with Crippen molar-refractivity contribution in [2.45, 2.75) is 64.0 Å². The van der Waals surface area contributed by atoms with Crippen LogP contribution in [0.25, 0.3) is 5.65 Å². The number of piperidine rings is 1. The Morgan fingerprint density at radius 1 is 0.804 bits per heavy atom. The highest BCUT2D eigenvalue weighted by Gasteiger charge is 2.48. The molecule has 1 amide bonds. The van der Waals surface area contributed by atoms with Crippen molar-refractivity contribution in [1.82, 2.24) is 19.6 Å². The average molecular weight is 805 g/mol. The van der Waals surface area contributed by atoms with E-state index < -0.39 is 82.0 Å². The Bertz CT molecular complexity index is 2140. The maximum absolute atomic E-state index is 13.7. The summed E-state index contributed by atoms with van der Waals surface area (Å²) in [6.45, 7) is 4.41. The first-order valence-corrected chi connectivity index (χ1v) is 16.3. The van der Waals surface area contributed by atoms with Crippen LogP contribution >= 0.6 is 0 Å². The fraction of sp³-hybridized carbons (Fsp3) is 0.382. The molecule has 0 radical (unpaired) electrons. The van der Waals surface area contributed by atoms with Gasteiger partial charge in [0.15, 0.2) is 23.0 Å². The van der Waals surface area contributed by atoms with E-state index in [1.54, 1.807) is 12.3 Å². The number of pyridine rings is 1. The summed E-state index contributed by atoms with van der Waals surface area (Å²) in [7, 11) is 0. The van der Waals surface area contributed by atoms with Crippen LogP contribution in [-0.2, 0) is 26.2 Å². The largest absolute Gasteiger partial charge is 0.491 e. The van der Waals surface area contributed by atoms with Gasteiger partial charge in [-0.3, -0.25) is 9.78 Å². The van der Waals surface area contributed by atoms with E-state index in [9.17, 15) is 58.7 Å². The van der Waals surface area contributed by atoms with Gasteiger partial charge in [0.25, 0.3) is 5.91 Å². The van der Waals surface area contributed by atoms with Crippen LogP contribution in [-0.4, -0.2) is 75.0 Å². The molecule has 13 nitrogen and oxygen atoms in total. The molecule has 1 aromatic carbocycles. The molecule has 0 saturated carbocycles.